The first-order chi connectivity index (χ1) is 13.6. The van der Waals surface area contributed by atoms with Crippen LogP contribution in [0.25, 0.3) is 5.69 Å². The van der Waals surface area contributed by atoms with Gasteiger partial charge in [0, 0.05) is 22.6 Å². The van der Waals surface area contributed by atoms with Gasteiger partial charge in [-0.15, -0.1) is 0 Å². The molecule has 0 saturated heterocycles. The summed E-state index contributed by atoms with van der Waals surface area (Å²) in [5.41, 5.74) is 7.26. The monoisotopic (exact) mass is 373 g/mol. The summed E-state index contributed by atoms with van der Waals surface area (Å²) in [5.74, 6) is 0.462. The predicted octanol–water partition coefficient (Wildman–Crippen LogP) is 4.42. The molecule has 2 aromatic carbocycles. The number of aromatic nitrogens is 1. The molecule has 5 nitrogen and oxygen atoms in total. The molecular weight excluding hydrogens is 350 g/mol. The third-order valence-corrected chi connectivity index (χ3v) is 4.26. The van der Waals surface area contributed by atoms with Crippen molar-refractivity contribution in [2.24, 2.45) is 5.10 Å². The maximum absolute atomic E-state index is 12.3. The number of carbonyl (C=O) groups excluding carboxylic acids is 1. The molecule has 0 aliphatic heterocycles. The maximum Gasteiger partial charge on any atom is 0.271 e. The van der Waals surface area contributed by atoms with Crippen molar-refractivity contribution in [3.05, 3.63) is 95.8 Å². The van der Waals surface area contributed by atoms with Gasteiger partial charge in [0.1, 0.15) is 12.4 Å². The second kappa shape index (κ2) is 8.86. The van der Waals surface area contributed by atoms with E-state index in [0.717, 1.165) is 28.4 Å². The molecule has 28 heavy (non-hydrogen) atoms. The van der Waals surface area contributed by atoms with Crippen LogP contribution in [0.2, 0.25) is 0 Å². The van der Waals surface area contributed by atoms with E-state index >= 15 is 0 Å². The number of rotatable bonds is 7. The van der Waals surface area contributed by atoms with Crippen molar-refractivity contribution in [2.45, 2.75) is 13.8 Å². The Kier molecular flexibility index (Phi) is 6.07. The Balaban J connectivity index is 1.63. The zero-order valence-electron chi connectivity index (χ0n) is 16.1. The number of aryl methyl sites for hydroxylation is 2. The Morgan fingerprint density at radius 1 is 1.11 bits per heavy atom. The zero-order valence-corrected chi connectivity index (χ0v) is 16.1. The molecule has 1 heterocycles. The average molecular weight is 373 g/mol. The summed E-state index contributed by atoms with van der Waals surface area (Å²) in [6.45, 7) is 8.17. The number of hydrazone groups is 1. The summed E-state index contributed by atoms with van der Waals surface area (Å²) in [6, 6.07) is 19.0. The zero-order chi connectivity index (χ0) is 19.9. The molecule has 142 valence electrons. The maximum atomic E-state index is 12.3. The van der Waals surface area contributed by atoms with Crippen LogP contribution >= 0.6 is 0 Å². The van der Waals surface area contributed by atoms with Crippen molar-refractivity contribution >= 4 is 12.1 Å². The molecule has 1 aromatic heterocycles. The Morgan fingerprint density at radius 2 is 1.82 bits per heavy atom. The number of nitrogens with one attached hydrogen (secondary N) is 1. The van der Waals surface area contributed by atoms with E-state index in [4.69, 9.17) is 4.74 Å². The first-order valence-corrected chi connectivity index (χ1v) is 9.01. The molecule has 0 bridgehead atoms. The van der Waals surface area contributed by atoms with Gasteiger partial charge in [0.15, 0.2) is 0 Å². The van der Waals surface area contributed by atoms with Crippen LogP contribution in [0, 0.1) is 13.8 Å². The van der Waals surface area contributed by atoms with Crippen molar-refractivity contribution < 1.29 is 9.53 Å². The van der Waals surface area contributed by atoms with E-state index < -0.39 is 0 Å². The lowest BCUT2D eigenvalue weighted by molar-refractivity contribution is 0.0955. The van der Waals surface area contributed by atoms with Gasteiger partial charge in [-0.1, -0.05) is 24.8 Å². The van der Waals surface area contributed by atoms with Crippen molar-refractivity contribution in [2.75, 3.05) is 6.61 Å². The number of hydrogen-bond donors (Lipinski definition) is 1. The van der Waals surface area contributed by atoms with Gasteiger partial charge in [-0.25, -0.2) is 5.43 Å². The fourth-order valence-corrected chi connectivity index (χ4v) is 2.91. The minimum atomic E-state index is -0.261. The normalized spacial score (nSPS) is 10.8. The van der Waals surface area contributed by atoms with E-state index in [-0.39, 0.29) is 5.91 Å². The van der Waals surface area contributed by atoms with Gasteiger partial charge in [-0.2, -0.15) is 5.10 Å². The van der Waals surface area contributed by atoms with Crippen LogP contribution in [-0.2, 0) is 0 Å². The van der Waals surface area contributed by atoms with Gasteiger partial charge in [0.2, 0.25) is 0 Å². The van der Waals surface area contributed by atoms with Crippen molar-refractivity contribution in [1.82, 2.24) is 9.99 Å². The first-order valence-electron chi connectivity index (χ1n) is 9.01. The van der Waals surface area contributed by atoms with Gasteiger partial charge < -0.3 is 9.30 Å². The van der Waals surface area contributed by atoms with Crippen LogP contribution in [0.3, 0.4) is 0 Å². The van der Waals surface area contributed by atoms with E-state index in [1.807, 2.05) is 36.4 Å². The van der Waals surface area contributed by atoms with Crippen LogP contribution in [0.4, 0.5) is 0 Å². The minimum Gasteiger partial charge on any atom is -0.490 e. The lowest BCUT2D eigenvalue weighted by Gasteiger charge is -2.10. The Morgan fingerprint density at radius 3 is 2.50 bits per heavy atom. The van der Waals surface area contributed by atoms with Crippen molar-refractivity contribution in [3.63, 3.8) is 0 Å². The van der Waals surface area contributed by atoms with E-state index in [1.54, 1.807) is 24.4 Å². The highest BCUT2D eigenvalue weighted by molar-refractivity contribution is 5.95. The van der Waals surface area contributed by atoms with Crippen LogP contribution in [0.1, 0.15) is 27.3 Å². The Hall–Kier alpha value is -3.60. The van der Waals surface area contributed by atoms with Crippen LogP contribution in [0.5, 0.6) is 5.75 Å². The first kappa shape index (κ1) is 19.2. The molecule has 0 saturated carbocycles. The van der Waals surface area contributed by atoms with Gasteiger partial charge >= 0.3 is 0 Å². The minimum absolute atomic E-state index is 0.261. The molecule has 0 atom stereocenters. The second-order valence-electron chi connectivity index (χ2n) is 6.37. The third kappa shape index (κ3) is 4.57. The van der Waals surface area contributed by atoms with Gasteiger partial charge in [-0.3, -0.25) is 4.79 Å². The quantitative estimate of drug-likeness (QED) is 0.379. The fraction of sp³-hybridized carbons (Fsp3) is 0.130. The van der Waals surface area contributed by atoms with Crippen molar-refractivity contribution in [1.29, 1.82) is 0 Å². The molecule has 1 amide bonds. The lowest BCUT2D eigenvalue weighted by atomic mass is 10.2. The molecule has 0 aliphatic carbocycles. The highest BCUT2D eigenvalue weighted by Gasteiger charge is 2.07. The van der Waals surface area contributed by atoms with Crippen LogP contribution in [0.15, 0.2) is 78.4 Å². The van der Waals surface area contributed by atoms with Gasteiger partial charge in [0.05, 0.1) is 6.21 Å². The highest BCUT2D eigenvalue weighted by Crippen LogP contribution is 2.17. The summed E-state index contributed by atoms with van der Waals surface area (Å²) in [4.78, 5) is 12.3. The average Bonchev–Trinajstić information content (AvgIpc) is 3.05. The lowest BCUT2D eigenvalue weighted by Crippen LogP contribution is -2.17. The number of ether oxygens (including phenoxy) is 1. The topological polar surface area (TPSA) is 55.6 Å². The van der Waals surface area contributed by atoms with Gasteiger partial charge in [-0.05, 0) is 67.9 Å². The van der Waals surface area contributed by atoms with Crippen LogP contribution in [-0.4, -0.2) is 23.3 Å². The van der Waals surface area contributed by atoms with Crippen molar-refractivity contribution in [3.8, 4) is 11.4 Å². The molecule has 0 aliphatic rings. The Labute approximate surface area is 165 Å². The van der Waals surface area contributed by atoms with E-state index in [2.05, 4.69) is 47.7 Å². The molecule has 0 fully saturated rings. The second-order valence-corrected chi connectivity index (χ2v) is 6.37. The SMILES string of the molecule is C=CCOc1cccc(C=NNC(=O)c2ccc(-n3c(C)ccc3C)cc2)c1. The summed E-state index contributed by atoms with van der Waals surface area (Å²) < 4.78 is 7.62. The molecule has 3 aromatic rings. The van der Waals surface area contributed by atoms with Gasteiger partial charge in [0.25, 0.3) is 5.91 Å². The number of amides is 1. The number of benzene rings is 2. The highest BCUT2D eigenvalue weighted by atomic mass is 16.5. The standard InChI is InChI=1S/C23H23N3O2/c1-4-14-28-22-7-5-6-19(15-22)16-24-25-23(27)20-10-12-21(13-11-20)26-17(2)8-9-18(26)3/h4-13,15-16H,1,14H2,2-3H3,(H,25,27). The largest absolute Gasteiger partial charge is 0.490 e. The summed E-state index contributed by atoms with van der Waals surface area (Å²) in [6.07, 6.45) is 3.27. The van der Waals surface area contributed by atoms with E-state index in [9.17, 15) is 4.79 Å². The molecule has 0 unspecified atom stereocenters. The molecule has 0 radical (unpaired) electrons. The molecular formula is C23H23N3O2. The molecule has 1 N–H and O–H groups in total. The van der Waals surface area contributed by atoms with E-state index in [1.165, 1.54) is 0 Å². The summed E-state index contributed by atoms with van der Waals surface area (Å²) in [5, 5.41) is 4.03. The molecule has 0 spiro atoms. The third-order valence-electron chi connectivity index (χ3n) is 4.26. The molecule has 3 rings (SSSR count). The van der Waals surface area contributed by atoms with Crippen LogP contribution < -0.4 is 10.2 Å². The van der Waals surface area contributed by atoms with E-state index in [0.29, 0.717) is 12.2 Å². The molecule has 5 heteroatoms. The predicted molar refractivity (Wildman–Crippen MR) is 112 cm³/mol. The summed E-state index contributed by atoms with van der Waals surface area (Å²) in [7, 11) is 0. The summed E-state index contributed by atoms with van der Waals surface area (Å²) >= 11 is 0. The Bertz CT molecular complexity index is 981. The smallest absolute Gasteiger partial charge is 0.271 e. The fourth-order valence-electron chi connectivity index (χ4n) is 2.91. The number of nitrogens with zero attached hydrogens (tertiary/aromatic N) is 2. The number of hydrogen-bond acceptors (Lipinski definition) is 3. The number of carbonyl (C=O) groups is 1.